The van der Waals surface area contributed by atoms with Crippen molar-refractivity contribution in [2.45, 2.75) is 16.5 Å². The first-order valence-corrected chi connectivity index (χ1v) is 7.81. The molecular formula is C11H13N3O2S2. The smallest absolute Gasteiger partial charge is 0.257 e. The lowest BCUT2D eigenvalue weighted by molar-refractivity contribution is 0.594. The molecule has 1 aromatic carbocycles. The van der Waals surface area contributed by atoms with Gasteiger partial charge in [0.15, 0.2) is 5.03 Å². The van der Waals surface area contributed by atoms with E-state index in [0.717, 1.165) is 5.75 Å². The number of benzene rings is 1. The van der Waals surface area contributed by atoms with Crippen molar-refractivity contribution in [3.63, 3.8) is 0 Å². The average molecular weight is 283 g/mol. The predicted octanol–water partition coefficient (Wildman–Crippen LogP) is 1.32. The number of hydrogen-bond donors (Lipinski definition) is 1. The average Bonchev–Trinajstić information content (AvgIpc) is 2.79. The molecule has 7 heteroatoms. The van der Waals surface area contributed by atoms with Gasteiger partial charge in [0.2, 0.25) is 0 Å². The summed E-state index contributed by atoms with van der Waals surface area (Å²) < 4.78 is 23.8. The van der Waals surface area contributed by atoms with Crippen LogP contribution >= 0.6 is 11.8 Å². The van der Waals surface area contributed by atoms with Gasteiger partial charge < -0.3 is 4.57 Å². The highest BCUT2D eigenvalue weighted by molar-refractivity contribution is 7.99. The molecule has 1 aromatic heterocycles. The maximum absolute atomic E-state index is 11.0. The first-order valence-electron chi connectivity index (χ1n) is 5.28. The van der Waals surface area contributed by atoms with Crippen LogP contribution < -0.4 is 5.14 Å². The SMILES string of the molecule is NS(=O)(=O)c1cn(CCSc2ccccc2)cn1. The zero-order valence-corrected chi connectivity index (χ0v) is 11.2. The highest BCUT2D eigenvalue weighted by Crippen LogP contribution is 2.17. The van der Waals surface area contributed by atoms with Gasteiger partial charge in [0.1, 0.15) is 0 Å². The third-order valence-corrected chi connectivity index (χ3v) is 4.05. The molecule has 1 heterocycles. The molecule has 5 nitrogen and oxygen atoms in total. The third-order valence-electron chi connectivity index (χ3n) is 2.26. The summed E-state index contributed by atoms with van der Waals surface area (Å²) in [6, 6.07) is 10.0. The molecule has 0 unspecified atom stereocenters. The predicted molar refractivity (Wildman–Crippen MR) is 70.8 cm³/mol. The van der Waals surface area contributed by atoms with Gasteiger partial charge in [-0.05, 0) is 12.1 Å². The molecule has 0 amide bonds. The molecule has 0 bridgehead atoms. The van der Waals surface area contributed by atoms with E-state index < -0.39 is 10.0 Å². The minimum absolute atomic E-state index is 0.0905. The molecule has 0 saturated heterocycles. The van der Waals surface area contributed by atoms with E-state index in [1.54, 1.807) is 16.3 Å². The molecule has 0 spiro atoms. The Morgan fingerprint density at radius 1 is 1.28 bits per heavy atom. The number of nitrogens with two attached hydrogens (primary N) is 1. The van der Waals surface area contributed by atoms with E-state index in [-0.39, 0.29) is 5.03 Å². The van der Waals surface area contributed by atoms with Crippen LogP contribution in [0.15, 0.2) is 52.8 Å². The van der Waals surface area contributed by atoms with Crippen LogP contribution in [0.2, 0.25) is 0 Å². The summed E-state index contributed by atoms with van der Waals surface area (Å²) in [6.07, 6.45) is 2.92. The van der Waals surface area contributed by atoms with E-state index in [1.807, 2.05) is 30.3 Å². The number of nitrogens with zero attached hydrogens (tertiary/aromatic N) is 2. The number of sulfonamides is 1. The summed E-state index contributed by atoms with van der Waals surface area (Å²) >= 11 is 1.70. The van der Waals surface area contributed by atoms with Gasteiger partial charge >= 0.3 is 0 Å². The second kappa shape index (κ2) is 5.55. The maximum Gasteiger partial charge on any atom is 0.257 e. The zero-order chi connectivity index (χ0) is 13.0. The first kappa shape index (κ1) is 13.1. The Kier molecular flexibility index (Phi) is 4.05. The molecule has 0 atom stereocenters. The van der Waals surface area contributed by atoms with Gasteiger partial charge in [-0.1, -0.05) is 18.2 Å². The van der Waals surface area contributed by atoms with Crippen LogP contribution in [0.3, 0.4) is 0 Å². The Morgan fingerprint density at radius 2 is 2.00 bits per heavy atom. The van der Waals surface area contributed by atoms with Crippen molar-refractivity contribution in [1.82, 2.24) is 9.55 Å². The molecule has 18 heavy (non-hydrogen) atoms. The minimum Gasteiger partial charge on any atom is -0.335 e. The van der Waals surface area contributed by atoms with Crippen LogP contribution in [0.25, 0.3) is 0 Å². The molecule has 0 aliphatic carbocycles. The van der Waals surface area contributed by atoms with Gasteiger partial charge in [0, 0.05) is 23.4 Å². The summed E-state index contributed by atoms with van der Waals surface area (Å²) in [4.78, 5) is 4.94. The Hall–Kier alpha value is -1.31. The van der Waals surface area contributed by atoms with Gasteiger partial charge in [-0.15, -0.1) is 11.8 Å². The van der Waals surface area contributed by atoms with Gasteiger partial charge in [0.05, 0.1) is 6.33 Å². The molecule has 2 N–H and O–H groups in total. The molecule has 0 aliphatic rings. The van der Waals surface area contributed by atoms with Crippen molar-refractivity contribution in [1.29, 1.82) is 0 Å². The molecule has 96 valence electrons. The number of aryl methyl sites for hydroxylation is 1. The van der Waals surface area contributed by atoms with E-state index in [2.05, 4.69) is 4.98 Å². The molecule has 2 rings (SSSR count). The fraction of sp³-hybridized carbons (Fsp3) is 0.182. The van der Waals surface area contributed by atoms with Crippen molar-refractivity contribution >= 4 is 21.8 Å². The Balaban J connectivity index is 1.90. The third kappa shape index (κ3) is 3.59. The largest absolute Gasteiger partial charge is 0.335 e. The second-order valence-electron chi connectivity index (χ2n) is 3.66. The van der Waals surface area contributed by atoms with Crippen LogP contribution in [0, 0.1) is 0 Å². The second-order valence-corrected chi connectivity index (χ2v) is 6.33. The van der Waals surface area contributed by atoms with Gasteiger partial charge in [-0.25, -0.2) is 18.5 Å². The van der Waals surface area contributed by atoms with Crippen LogP contribution in [0.1, 0.15) is 0 Å². The Labute approximate surface area is 110 Å². The number of rotatable bonds is 5. The molecule has 2 aromatic rings. The highest BCUT2D eigenvalue weighted by atomic mass is 32.2. The van der Waals surface area contributed by atoms with Crippen LogP contribution in [0.5, 0.6) is 0 Å². The monoisotopic (exact) mass is 283 g/mol. The summed E-state index contributed by atoms with van der Waals surface area (Å²) in [7, 11) is -3.70. The number of aromatic nitrogens is 2. The number of primary sulfonamides is 1. The van der Waals surface area contributed by atoms with Crippen molar-refractivity contribution < 1.29 is 8.42 Å². The topological polar surface area (TPSA) is 78.0 Å². The van der Waals surface area contributed by atoms with E-state index in [0.29, 0.717) is 6.54 Å². The Morgan fingerprint density at radius 3 is 2.61 bits per heavy atom. The number of thioether (sulfide) groups is 1. The lowest BCUT2D eigenvalue weighted by atomic mass is 10.4. The summed E-state index contributed by atoms with van der Waals surface area (Å²) in [5.41, 5.74) is 0. The summed E-state index contributed by atoms with van der Waals surface area (Å²) in [5.74, 6) is 0.838. The minimum atomic E-state index is -3.70. The van der Waals surface area contributed by atoms with Gasteiger partial charge in [0.25, 0.3) is 10.0 Å². The van der Waals surface area contributed by atoms with Crippen molar-refractivity contribution in [3.8, 4) is 0 Å². The lowest BCUT2D eigenvalue weighted by Gasteiger charge is -2.02. The lowest BCUT2D eigenvalue weighted by Crippen LogP contribution is -2.12. The van der Waals surface area contributed by atoms with Crippen molar-refractivity contribution in [3.05, 3.63) is 42.9 Å². The molecule has 0 saturated carbocycles. The van der Waals surface area contributed by atoms with Crippen LogP contribution in [0.4, 0.5) is 0 Å². The molecule has 0 aliphatic heterocycles. The van der Waals surface area contributed by atoms with E-state index in [1.165, 1.54) is 17.4 Å². The highest BCUT2D eigenvalue weighted by Gasteiger charge is 2.10. The zero-order valence-electron chi connectivity index (χ0n) is 9.56. The fourth-order valence-corrected chi connectivity index (χ4v) is 2.76. The fourth-order valence-electron chi connectivity index (χ4n) is 1.39. The number of hydrogen-bond acceptors (Lipinski definition) is 4. The molecule has 0 radical (unpaired) electrons. The van der Waals surface area contributed by atoms with E-state index in [4.69, 9.17) is 5.14 Å². The van der Waals surface area contributed by atoms with E-state index in [9.17, 15) is 8.42 Å². The van der Waals surface area contributed by atoms with Crippen molar-refractivity contribution in [2.75, 3.05) is 5.75 Å². The summed E-state index contributed by atoms with van der Waals surface area (Å²) in [5, 5.41) is 4.89. The van der Waals surface area contributed by atoms with Crippen LogP contribution in [-0.2, 0) is 16.6 Å². The van der Waals surface area contributed by atoms with Gasteiger partial charge in [-0.2, -0.15) is 0 Å². The normalized spacial score (nSPS) is 11.6. The quantitative estimate of drug-likeness (QED) is 0.840. The van der Waals surface area contributed by atoms with Gasteiger partial charge in [-0.3, -0.25) is 0 Å². The summed E-state index contributed by atoms with van der Waals surface area (Å²) in [6.45, 7) is 0.683. The maximum atomic E-state index is 11.0. The Bertz CT molecular complexity index is 608. The van der Waals surface area contributed by atoms with Crippen LogP contribution in [-0.4, -0.2) is 23.7 Å². The standard InChI is InChI=1S/C11H13N3O2S2/c12-18(15,16)11-8-14(9-13-11)6-7-17-10-4-2-1-3-5-10/h1-5,8-9H,6-7H2,(H2,12,15,16). The number of imidazole rings is 1. The first-order chi connectivity index (χ1) is 8.55. The van der Waals surface area contributed by atoms with Crippen molar-refractivity contribution in [2.24, 2.45) is 5.14 Å². The molecular weight excluding hydrogens is 270 g/mol. The van der Waals surface area contributed by atoms with E-state index >= 15 is 0 Å². The molecule has 0 fully saturated rings.